The second-order valence-corrected chi connectivity index (χ2v) is 5.84. The lowest BCUT2D eigenvalue weighted by molar-refractivity contribution is 0.0949. The summed E-state index contributed by atoms with van der Waals surface area (Å²) in [5.41, 5.74) is 1.76. The molecule has 1 heterocycles. The van der Waals surface area contributed by atoms with Crippen LogP contribution in [0.15, 0.2) is 47.0 Å². The Labute approximate surface area is 148 Å². The Morgan fingerprint density at radius 1 is 1.24 bits per heavy atom. The molecule has 25 heavy (non-hydrogen) atoms. The molecule has 0 aliphatic carbocycles. The van der Waals surface area contributed by atoms with E-state index in [9.17, 15) is 9.18 Å². The minimum Gasteiger partial charge on any atom is -0.351 e. The summed E-state index contributed by atoms with van der Waals surface area (Å²) in [5.74, 6) is -0.360. The lowest BCUT2D eigenvalue weighted by atomic mass is 10.1. The fraction of sp³-hybridized carbons (Fsp3) is 0.167. The SMILES string of the molecule is Cc1ccccc1-c1noc(CCNC(=O)c2c(F)cccc2Cl)n1. The number of hydrogen-bond acceptors (Lipinski definition) is 4. The summed E-state index contributed by atoms with van der Waals surface area (Å²) < 4.78 is 18.9. The summed E-state index contributed by atoms with van der Waals surface area (Å²) >= 11 is 5.86. The van der Waals surface area contributed by atoms with Gasteiger partial charge in [-0.25, -0.2) is 4.39 Å². The van der Waals surface area contributed by atoms with Crippen LogP contribution in [0.4, 0.5) is 4.39 Å². The Bertz CT molecular complexity index is 891. The maximum atomic E-state index is 13.7. The summed E-state index contributed by atoms with van der Waals surface area (Å²) in [4.78, 5) is 16.4. The zero-order chi connectivity index (χ0) is 17.8. The third-order valence-electron chi connectivity index (χ3n) is 3.67. The fourth-order valence-corrected chi connectivity index (χ4v) is 2.62. The van der Waals surface area contributed by atoms with Crippen LogP contribution < -0.4 is 5.32 Å². The van der Waals surface area contributed by atoms with Crippen molar-refractivity contribution in [1.82, 2.24) is 15.5 Å². The van der Waals surface area contributed by atoms with Crippen LogP contribution in [-0.4, -0.2) is 22.6 Å². The van der Waals surface area contributed by atoms with Gasteiger partial charge in [0.25, 0.3) is 5.91 Å². The Hall–Kier alpha value is -2.73. The maximum absolute atomic E-state index is 13.7. The van der Waals surface area contributed by atoms with E-state index in [1.807, 2.05) is 31.2 Å². The Balaban J connectivity index is 1.62. The predicted octanol–water partition coefficient (Wildman–Crippen LogP) is 3.81. The molecule has 7 heteroatoms. The van der Waals surface area contributed by atoms with E-state index in [0.717, 1.165) is 11.1 Å². The van der Waals surface area contributed by atoms with Gasteiger partial charge in [0.1, 0.15) is 5.82 Å². The molecule has 0 saturated heterocycles. The third-order valence-corrected chi connectivity index (χ3v) is 3.98. The first-order valence-corrected chi connectivity index (χ1v) is 8.05. The van der Waals surface area contributed by atoms with Crippen LogP contribution in [0.3, 0.4) is 0 Å². The molecule has 3 aromatic rings. The van der Waals surface area contributed by atoms with Crippen LogP contribution in [-0.2, 0) is 6.42 Å². The average Bonchev–Trinajstić information content (AvgIpc) is 3.04. The second-order valence-electron chi connectivity index (χ2n) is 5.43. The standard InChI is InChI=1S/C18H15ClFN3O2/c1-11-5-2-3-6-12(11)17-22-15(25-23-17)9-10-21-18(24)16-13(19)7-4-8-14(16)20/h2-8H,9-10H2,1H3,(H,21,24). The molecule has 1 amide bonds. The molecule has 0 unspecified atom stereocenters. The number of amides is 1. The van der Waals surface area contributed by atoms with E-state index >= 15 is 0 Å². The van der Waals surface area contributed by atoms with Gasteiger partial charge in [-0.2, -0.15) is 4.98 Å². The highest BCUT2D eigenvalue weighted by Gasteiger charge is 2.16. The zero-order valence-electron chi connectivity index (χ0n) is 13.4. The summed E-state index contributed by atoms with van der Waals surface area (Å²) in [6.45, 7) is 2.18. The fourth-order valence-electron chi connectivity index (χ4n) is 2.38. The van der Waals surface area contributed by atoms with Gasteiger partial charge in [-0.1, -0.05) is 47.1 Å². The molecule has 1 aromatic heterocycles. The third kappa shape index (κ3) is 3.85. The highest BCUT2D eigenvalue weighted by atomic mass is 35.5. The van der Waals surface area contributed by atoms with Gasteiger partial charge in [-0.3, -0.25) is 4.79 Å². The highest BCUT2D eigenvalue weighted by Crippen LogP contribution is 2.20. The molecule has 128 valence electrons. The molecule has 3 rings (SSSR count). The number of carbonyl (C=O) groups is 1. The maximum Gasteiger partial charge on any atom is 0.255 e. The van der Waals surface area contributed by atoms with Gasteiger partial charge in [0.05, 0.1) is 10.6 Å². The van der Waals surface area contributed by atoms with Crippen molar-refractivity contribution in [3.8, 4) is 11.4 Å². The van der Waals surface area contributed by atoms with Gasteiger partial charge in [-0.15, -0.1) is 0 Å². The number of nitrogens with zero attached hydrogens (tertiary/aromatic N) is 2. The quantitative estimate of drug-likeness (QED) is 0.752. The van der Waals surface area contributed by atoms with Crippen molar-refractivity contribution in [2.24, 2.45) is 0 Å². The zero-order valence-corrected chi connectivity index (χ0v) is 14.2. The van der Waals surface area contributed by atoms with Crippen molar-refractivity contribution in [2.45, 2.75) is 13.3 Å². The molecule has 0 aliphatic rings. The van der Waals surface area contributed by atoms with Crippen molar-refractivity contribution in [2.75, 3.05) is 6.54 Å². The molecule has 0 aliphatic heterocycles. The number of rotatable bonds is 5. The minimum absolute atomic E-state index is 0.0668. The summed E-state index contributed by atoms with van der Waals surface area (Å²) in [7, 11) is 0. The van der Waals surface area contributed by atoms with Gasteiger partial charge in [0, 0.05) is 18.5 Å². The lowest BCUT2D eigenvalue weighted by Crippen LogP contribution is -2.27. The molecule has 2 aromatic carbocycles. The number of carbonyl (C=O) groups excluding carboxylic acids is 1. The van der Waals surface area contributed by atoms with Gasteiger partial charge >= 0.3 is 0 Å². The average molecular weight is 360 g/mol. The summed E-state index contributed by atoms with van der Waals surface area (Å²) in [6.07, 6.45) is 0.330. The van der Waals surface area contributed by atoms with E-state index < -0.39 is 11.7 Å². The van der Waals surface area contributed by atoms with Gasteiger partial charge in [0.2, 0.25) is 11.7 Å². The Morgan fingerprint density at radius 2 is 2.04 bits per heavy atom. The Morgan fingerprint density at radius 3 is 2.80 bits per heavy atom. The van der Waals surface area contributed by atoms with Crippen molar-refractivity contribution < 1.29 is 13.7 Å². The molecule has 0 fully saturated rings. The number of nitrogens with one attached hydrogen (secondary N) is 1. The first-order chi connectivity index (χ1) is 12.1. The molecule has 0 bridgehead atoms. The minimum atomic E-state index is -0.662. The molecule has 1 N–H and O–H groups in total. The first kappa shape index (κ1) is 17.1. The number of halogens is 2. The first-order valence-electron chi connectivity index (χ1n) is 7.67. The van der Waals surface area contributed by atoms with Gasteiger partial charge in [0.15, 0.2) is 0 Å². The molecule has 0 atom stereocenters. The monoisotopic (exact) mass is 359 g/mol. The molecule has 5 nitrogen and oxygen atoms in total. The normalized spacial score (nSPS) is 10.7. The summed E-state index contributed by atoms with van der Waals surface area (Å²) in [6, 6.07) is 11.8. The number of aromatic nitrogens is 2. The van der Waals surface area contributed by atoms with E-state index in [-0.39, 0.29) is 17.1 Å². The van der Waals surface area contributed by atoms with E-state index in [2.05, 4.69) is 15.5 Å². The number of benzene rings is 2. The molecular weight excluding hydrogens is 345 g/mol. The molecular formula is C18H15ClFN3O2. The van der Waals surface area contributed by atoms with Crippen molar-refractivity contribution in [3.05, 3.63) is 70.3 Å². The van der Waals surface area contributed by atoms with Gasteiger partial charge < -0.3 is 9.84 Å². The van der Waals surface area contributed by atoms with Crippen LogP contribution in [0.25, 0.3) is 11.4 Å². The van der Waals surface area contributed by atoms with Crippen LogP contribution in [0.5, 0.6) is 0 Å². The predicted molar refractivity (Wildman–Crippen MR) is 91.9 cm³/mol. The number of hydrogen-bond donors (Lipinski definition) is 1. The molecule has 0 saturated carbocycles. The van der Waals surface area contributed by atoms with E-state index in [1.165, 1.54) is 18.2 Å². The van der Waals surface area contributed by atoms with Crippen LogP contribution in [0, 0.1) is 12.7 Å². The van der Waals surface area contributed by atoms with E-state index in [4.69, 9.17) is 16.1 Å². The van der Waals surface area contributed by atoms with Crippen molar-refractivity contribution >= 4 is 17.5 Å². The summed E-state index contributed by atoms with van der Waals surface area (Å²) in [5, 5.41) is 6.62. The Kier molecular flexibility index (Phi) is 5.09. The lowest BCUT2D eigenvalue weighted by Gasteiger charge is -2.06. The van der Waals surface area contributed by atoms with E-state index in [1.54, 1.807) is 0 Å². The largest absolute Gasteiger partial charge is 0.351 e. The van der Waals surface area contributed by atoms with Crippen LogP contribution in [0.1, 0.15) is 21.8 Å². The second kappa shape index (κ2) is 7.44. The van der Waals surface area contributed by atoms with Gasteiger partial charge in [-0.05, 0) is 24.6 Å². The van der Waals surface area contributed by atoms with Crippen LogP contribution in [0.2, 0.25) is 5.02 Å². The number of aryl methyl sites for hydroxylation is 1. The molecule has 0 spiro atoms. The van der Waals surface area contributed by atoms with Crippen molar-refractivity contribution in [3.63, 3.8) is 0 Å². The van der Waals surface area contributed by atoms with E-state index in [0.29, 0.717) is 18.1 Å². The highest BCUT2D eigenvalue weighted by molar-refractivity contribution is 6.33. The van der Waals surface area contributed by atoms with Crippen molar-refractivity contribution in [1.29, 1.82) is 0 Å². The smallest absolute Gasteiger partial charge is 0.255 e. The van der Waals surface area contributed by atoms with Crippen LogP contribution >= 0.6 is 11.6 Å². The topological polar surface area (TPSA) is 68.0 Å². The molecule has 0 radical (unpaired) electrons.